The maximum atomic E-state index is 5.38. The van der Waals surface area contributed by atoms with Gasteiger partial charge in [-0.1, -0.05) is 78.9 Å². The van der Waals surface area contributed by atoms with Crippen LogP contribution in [-0.2, 0) is 23.7 Å². The van der Waals surface area contributed by atoms with Gasteiger partial charge in [0.25, 0.3) is 0 Å². The Morgan fingerprint density at radius 3 is 1.26 bits per heavy atom. The number of ether oxygens (including phenoxy) is 4. The lowest BCUT2D eigenvalue weighted by Gasteiger charge is -2.34. The number of allylic oxidation sites excluding steroid dienone is 2. The van der Waals surface area contributed by atoms with Gasteiger partial charge in [-0.05, 0) is 94.4 Å². The lowest BCUT2D eigenvalue weighted by molar-refractivity contribution is 0.413. The lowest BCUT2D eigenvalue weighted by Crippen LogP contribution is -2.30. The highest BCUT2D eigenvalue weighted by Gasteiger charge is 2.38. The molecule has 0 amide bonds. The number of benzene rings is 4. The highest BCUT2D eigenvalue weighted by Crippen LogP contribution is 2.46. The number of fused-ring (bicyclic) bond motifs is 2. The van der Waals surface area contributed by atoms with Crippen LogP contribution in [0.4, 0.5) is 0 Å². The van der Waals surface area contributed by atoms with Crippen molar-refractivity contribution >= 4 is 23.5 Å². The zero-order valence-electron chi connectivity index (χ0n) is 34.4. The van der Waals surface area contributed by atoms with Crippen LogP contribution < -0.4 is 18.9 Å². The van der Waals surface area contributed by atoms with Crippen molar-refractivity contribution in [1.82, 2.24) is 25.4 Å². The Hall–Kier alpha value is -7.17. The summed E-state index contributed by atoms with van der Waals surface area (Å²) in [6.07, 6.45) is 14.2. The fourth-order valence-electron chi connectivity index (χ4n) is 8.54. The molecule has 2 N–H and O–H groups in total. The van der Waals surface area contributed by atoms with E-state index in [1.807, 2.05) is 60.7 Å². The Kier molecular flexibility index (Phi) is 10.8. The highest BCUT2D eigenvalue weighted by molar-refractivity contribution is 7.13. The lowest BCUT2D eigenvalue weighted by atomic mass is 9.68. The number of aromatic amines is 2. The number of methoxy groups -OCH3 is 4. The van der Waals surface area contributed by atoms with Crippen molar-refractivity contribution in [3.63, 3.8) is 0 Å². The second-order valence-corrected chi connectivity index (χ2v) is 16.0. The van der Waals surface area contributed by atoms with Crippen molar-refractivity contribution < 1.29 is 18.9 Å². The van der Waals surface area contributed by atoms with E-state index in [2.05, 4.69) is 116 Å². The third-order valence-corrected chi connectivity index (χ3v) is 12.8. The number of hydrogen-bond donors (Lipinski definition) is 2. The maximum Gasteiger partial charge on any atom is 0.118 e. The fourth-order valence-corrected chi connectivity index (χ4v) is 9.27. The largest absolute Gasteiger partial charge is 0.497 e. The van der Waals surface area contributed by atoms with Gasteiger partial charge >= 0.3 is 0 Å². The minimum absolute atomic E-state index is 0.301. The van der Waals surface area contributed by atoms with Crippen LogP contribution >= 0.6 is 11.3 Å². The SMILES string of the molecule is COc1ccc(C2(c3ccc(OC)cc3)C=Cc3c(-c4cccs4)n[nH]c3C2)cc1.COc1ccc(C2(c3ccc(OC)cc3)C=Cc3c(-c4ccncc4)n[nH]c3C2)cc1. The summed E-state index contributed by atoms with van der Waals surface area (Å²) in [6.45, 7) is 0. The molecule has 0 unspecified atom stereocenters. The second kappa shape index (κ2) is 16.8. The number of nitrogens with zero attached hydrogens (tertiary/aromatic N) is 3. The number of pyridine rings is 1. The number of hydrogen-bond acceptors (Lipinski definition) is 8. The Balaban J connectivity index is 0.000000156. The number of rotatable bonds is 10. The van der Waals surface area contributed by atoms with Crippen LogP contribution in [0.15, 0.2) is 151 Å². The van der Waals surface area contributed by atoms with E-state index in [4.69, 9.17) is 18.9 Å². The first-order valence-electron chi connectivity index (χ1n) is 20.0. The maximum absolute atomic E-state index is 5.38. The summed E-state index contributed by atoms with van der Waals surface area (Å²) < 4.78 is 21.5. The monoisotopic (exact) mass is 823 g/mol. The average Bonchev–Trinajstić information content (AvgIpc) is 4.12. The van der Waals surface area contributed by atoms with Crippen LogP contribution in [-0.4, -0.2) is 53.8 Å². The molecule has 10 heteroatoms. The highest BCUT2D eigenvalue weighted by atomic mass is 32.1. The fraction of sp³-hybridized carbons (Fsp3) is 0.157. The molecule has 0 atom stereocenters. The summed E-state index contributed by atoms with van der Waals surface area (Å²) in [4.78, 5) is 5.30. The van der Waals surface area contributed by atoms with E-state index >= 15 is 0 Å². The zero-order chi connectivity index (χ0) is 41.8. The van der Waals surface area contributed by atoms with E-state index in [0.29, 0.717) is 0 Å². The van der Waals surface area contributed by atoms with Crippen molar-refractivity contribution in [1.29, 1.82) is 0 Å². The Labute approximate surface area is 359 Å². The van der Waals surface area contributed by atoms with Crippen molar-refractivity contribution in [2.24, 2.45) is 0 Å². The number of aromatic nitrogens is 5. The summed E-state index contributed by atoms with van der Waals surface area (Å²) in [7, 11) is 6.76. The summed E-state index contributed by atoms with van der Waals surface area (Å²) in [6, 6.07) is 41.4. The Morgan fingerprint density at radius 1 is 0.492 bits per heavy atom. The number of H-pyrrole nitrogens is 2. The molecule has 0 bridgehead atoms. The zero-order valence-corrected chi connectivity index (χ0v) is 35.2. The van der Waals surface area contributed by atoms with Crippen molar-refractivity contribution in [3.8, 4) is 44.8 Å². The van der Waals surface area contributed by atoms with E-state index in [1.165, 1.54) is 32.7 Å². The Bertz CT molecular complexity index is 2680. The first-order chi connectivity index (χ1) is 30.0. The summed E-state index contributed by atoms with van der Waals surface area (Å²) in [5.41, 5.74) is 11.8. The molecule has 61 heavy (non-hydrogen) atoms. The Morgan fingerprint density at radius 2 is 0.885 bits per heavy atom. The van der Waals surface area contributed by atoms with Gasteiger partial charge in [0.05, 0.1) is 39.0 Å². The van der Waals surface area contributed by atoms with Gasteiger partial charge in [0, 0.05) is 64.1 Å². The summed E-state index contributed by atoms with van der Waals surface area (Å²) in [5, 5.41) is 18.0. The molecule has 0 fully saturated rings. The molecule has 0 saturated carbocycles. The first kappa shape index (κ1) is 39.3. The van der Waals surface area contributed by atoms with Gasteiger partial charge in [-0.2, -0.15) is 10.2 Å². The molecule has 10 rings (SSSR count). The van der Waals surface area contributed by atoms with Gasteiger partial charge in [-0.25, -0.2) is 0 Å². The molecule has 304 valence electrons. The number of thiophene rings is 1. The molecular weight excluding hydrogens is 779 g/mol. The first-order valence-corrected chi connectivity index (χ1v) is 20.9. The predicted octanol–water partition coefficient (Wildman–Crippen LogP) is 10.8. The molecule has 0 radical (unpaired) electrons. The molecule has 0 saturated heterocycles. The van der Waals surface area contributed by atoms with E-state index < -0.39 is 0 Å². The van der Waals surface area contributed by atoms with Gasteiger partial charge in [0.2, 0.25) is 0 Å². The van der Waals surface area contributed by atoms with Crippen molar-refractivity contribution in [2.45, 2.75) is 23.7 Å². The van der Waals surface area contributed by atoms with Crippen LogP contribution in [0.25, 0.3) is 34.0 Å². The molecule has 4 heterocycles. The average molecular weight is 824 g/mol. The normalized spacial score (nSPS) is 14.2. The van der Waals surface area contributed by atoms with Gasteiger partial charge in [0.15, 0.2) is 0 Å². The third-order valence-electron chi connectivity index (χ3n) is 11.9. The van der Waals surface area contributed by atoms with Gasteiger partial charge in [-0.3, -0.25) is 15.2 Å². The second-order valence-electron chi connectivity index (χ2n) is 15.0. The van der Waals surface area contributed by atoms with E-state index in [9.17, 15) is 0 Å². The van der Waals surface area contributed by atoms with Crippen LogP contribution in [0.2, 0.25) is 0 Å². The van der Waals surface area contributed by atoms with E-state index in [-0.39, 0.29) is 10.8 Å². The molecule has 0 spiro atoms. The summed E-state index contributed by atoms with van der Waals surface area (Å²) in [5.74, 6) is 3.39. The minimum Gasteiger partial charge on any atom is -0.497 e. The van der Waals surface area contributed by atoms with Gasteiger partial charge in [-0.15, -0.1) is 11.3 Å². The molecule has 4 aromatic heterocycles. The summed E-state index contributed by atoms with van der Waals surface area (Å²) >= 11 is 1.71. The molecule has 2 aliphatic carbocycles. The van der Waals surface area contributed by atoms with E-state index in [0.717, 1.165) is 69.7 Å². The molecule has 0 aliphatic heterocycles. The van der Waals surface area contributed by atoms with Crippen LogP contribution in [0.1, 0.15) is 44.8 Å². The molecule has 8 aromatic rings. The van der Waals surface area contributed by atoms with Crippen molar-refractivity contribution in [2.75, 3.05) is 28.4 Å². The van der Waals surface area contributed by atoms with Crippen LogP contribution in [0.5, 0.6) is 23.0 Å². The third kappa shape index (κ3) is 7.40. The quantitative estimate of drug-likeness (QED) is 0.141. The standard InChI is InChI=1S/C26H23N3O2.C25H22N2O2S/c1-30-21-7-3-19(4-8-21)26(20-5-9-22(31-2)10-6-20)14-11-23-24(17-26)28-29-25(23)18-12-15-27-16-13-18;1-28-19-9-5-17(6-10-19)25(18-7-11-20(29-2)12-8-18)14-13-21-22(16-25)26-27-24(21)23-4-3-15-30-23/h3-16H,17H2,1-2H3,(H,28,29);3-15H,16H2,1-2H3,(H,26,27). The molecule has 2 aliphatic rings. The molecule has 9 nitrogen and oxygen atoms in total. The van der Waals surface area contributed by atoms with E-state index in [1.54, 1.807) is 52.2 Å². The van der Waals surface area contributed by atoms with Gasteiger partial charge < -0.3 is 18.9 Å². The number of nitrogens with one attached hydrogen (secondary N) is 2. The van der Waals surface area contributed by atoms with Crippen molar-refractivity contribution in [3.05, 3.63) is 196 Å². The predicted molar refractivity (Wildman–Crippen MR) is 243 cm³/mol. The molecular formula is C51H45N5O4S. The van der Waals surface area contributed by atoms with Crippen LogP contribution in [0, 0.1) is 0 Å². The van der Waals surface area contributed by atoms with Crippen LogP contribution in [0.3, 0.4) is 0 Å². The molecule has 4 aromatic carbocycles. The topological polar surface area (TPSA) is 107 Å². The minimum atomic E-state index is -0.326. The smallest absolute Gasteiger partial charge is 0.118 e. The van der Waals surface area contributed by atoms with Gasteiger partial charge in [0.1, 0.15) is 28.7 Å².